The number of aromatic nitrogens is 1. The Hall–Kier alpha value is -4.42. The van der Waals surface area contributed by atoms with Gasteiger partial charge in [0, 0.05) is 24.1 Å². The summed E-state index contributed by atoms with van der Waals surface area (Å²) in [4.78, 5) is 16.7. The van der Waals surface area contributed by atoms with Crippen molar-refractivity contribution in [2.24, 2.45) is 5.10 Å². The van der Waals surface area contributed by atoms with Gasteiger partial charge in [-0.25, -0.2) is 4.98 Å². The lowest BCUT2D eigenvalue weighted by Gasteiger charge is -2.12. The van der Waals surface area contributed by atoms with E-state index in [1.54, 1.807) is 31.5 Å². The number of hydrazone groups is 1. The summed E-state index contributed by atoms with van der Waals surface area (Å²) in [7, 11) is 3.09. The Balaban J connectivity index is 1.65. The van der Waals surface area contributed by atoms with Gasteiger partial charge in [-0.3, -0.25) is 10.2 Å². The normalized spacial score (nSPS) is 10.7. The molecule has 0 atom stereocenters. The number of carbonyl (C=O) groups is 1. The molecular weight excluding hydrogens is 458 g/mol. The predicted octanol–water partition coefficient (Wildman–Crippen LogP) is 4.50. The molecule has 36 heavy (non-hydrogen) atoms. The van der Waals surface area contributed by atoms with Crippen LogP contribution in [0.4, 0.5) is 11.5 Å². The lowest BCUT2D eigenvalue weighted by molar-refractivity contribution is -0.118. The molecule has 3 aromatic rings. The van der Waals surface area contributed by atoms with Gasteiger partial charge >= 0.3 is 0 Å². The molecule has 3 rings (SSSR count). The second-order valence-corrected chi connectivity index (χ2v) is 8.11. The predicted molar refractivity (Wildman–Crippen MR) is 139 cm³/mol. The van der Waals surface area contributed by atoms with Crippen molar-refractivity contribution in [3.05, 3.63) is 76.0 Å². The number of aryl methyl sites for hydroxylation is 3. The molecule has 0 saturated carbocycles. The van der Waals surface area contributed by atoms with Gasteiger partial charge in [-0.2, -0.15) is 10.4 Å². The SMILES string of the molecule is COCc1cc(C)nc(N/N=C/c2ccc(OCC(=O)Nc3ccc(C)c(C)c3)c(OC)c2)c1C#N. The molecule has 0 bridgehead atoms. The van der Waals surface area contributed by atoms with Gasteiger partial charge in [-0.05, 0) is 73.9 Å². The van der Waals surface area contributed by atoms with E-state index in [4.69, 9.17) is 14.2 Å². The molecule has 2 N–H and O–H groups in total. The minimum Gasteiger partial charge on any atom is -0.493 e. The molecule has 9 nitrogen and oxygen atoms in total. The summed E-state index contributed by atoms with van der Waals surface area (Å²) >= 11 is 0. The molecular formula is C27H29N5O4. The first kappa shape index (κ1) is 26.2. The van der Waals surface area contributed by atoms with E-state index in [-0.39, 0.29) is 12.5 Å². The van der Waals surface area contributed by atoms with Crippen LogP contribution in [0.1, 0.15) is 33.5 Å². The first-order valence-electron chi connectivity index (χ1n) is 11.2. The molecule has 9 heteroatoms. The van der Waals surface area contributed by atoms with Crippen molar-refractivity contribution in [1.82, 2.24) is 4.98 Å². The van der Waals surface area contributed by atoms with Crippen molar-refractivity contribution in [2.75, 3.05) is 31.6 Å². The minimum absolute atomic E-state index is 0.169. The van der Waals surface area contributed by atoms with Gasteiger partial charge in [0.2, 0.25) is 0 Å². The van der Waals surface area contributed by atoms with E-state index in [1.165, 1.54) is 7.11 Å². The van der Waals surface area contributed by atoms with Crippen LogP contribution < -0.4 is 20.2 Å². The summed E-state index contributed by atoms with van der Waals surface area (Å²) in [5, 5.41) is 16.6. The smallest absolute Gasteiger partial charge is 0.262 e. The maximum absolute atomic E-state index is 12.3. The summed E-state index contributed by atoms with van der Waals surface area (Å²) in [5.41, 5.74) is 8.36. The number of methoxy groups -OCH3 is 2. The fourth-order valence-electron chi connectivity index (χ4n) is 3.43. The Labute approximate surface area is 210 Å². The summed E-state index contributed by atoms with van der Waals surface area (Å²) in [5.74, 6) is 0.949. The Kier molecular flexibility index (Phi) is 8.97. The highest BCUT2D eigenvalue weighted by atomic mass is 16.5. The van der Waals surface area contributed by atoms with Gasteiger partial charge in [0.15, 0.2) is 23.9 Å². The molecule has 1 heterocycles. The van der Waals surface area contributed by atoms with E-state index >= 15 is 0 Å². The van der Waals surface area contributed by atoms with E-state index in [2.05, 4.69) is 26.9 Å². The van der Waals surface area contributed by atoms with Crippen LogP contribution in [0.3, 0.4) is 0 Å². The van der Waals surface area contributed by atoms with E-state index < -0.39 is 0 Å². The van der Waals surface area contributed by atoms with Crippen LogP contribution in [0.25, 0.3) is 0 Å². The highest BCUT2D eigenvalue weighted by Gasteiger charge is 2.12. The monoisotopic (exact) mass is 487 g/mol. The summed E-state index contributed by atoms with van der Waals surface area (Å²) in [6, 6.07) is 14.9. The number of rotatable bonds is 10. The van der Waals surface area contributed by atoms with Gasteiger partial charge in [-0.15, -0.1) is 0 Å². The molecule has 1 amide bonds. The van der Waals surface area contributed by atoms with Gasteiger partial charge in [0.05, 0.1) is 19.9 Å². The Bertz CT molecular complexity index is 1310. The van der Waals surface area contributed by atoms with E-state index in [9.17, 15) is 10.1 Å². The van der Waals surface area contributed by atoms with Crippen molar-refractivity contribution >= 4 is 23.6 Å². The Morgan fingerprint density at radius 3 is 2.58 bits per heavy atom. The number of hydrogen-bond donors (Lipinski definition) is 2. The summed E-state index contributed by atoms with van der Waals surface area (Å²) in [6.45, 7) is 5.97. The maximum atomic E-state index is 12.3. The first-order chi connectivity index (χ1) is 17.3. The second kappa shape index (κ2) is 12.3. The number of nitrogens with one attached hydrogen (secondary N) is 2. The number of pyridine rings is 1. The molecule has 0 fully saturated rings. The molecule has 186 valence electrons. The van der Waals surface area contributed by atoms with Crippen molar-refractivity contribution < 1.29 is 19.0 Å². The third-order valence-electron chi connectivity index (χ3n) is 5.36. The van der Waals surface area contributed by atoms with Crippen LogP contribution >= 0.6 is 0 Å². The second-order valence-electron chi connectivity index (χ2n) is 8.11. The highest BCUT2D eigenvalue weighted by Crippen LogP contribution is 2.28. The zero-order valence-electron chi connectivity index (χ0n) is 21.0. The lowest BCUT2D eigenvalue weighted by Crippen LogP contribution is -2.20. The number of ether oxygens (including phenoxy) is 3. The summed E-state index contributed by atoms with van der Waals surface area (Å²) in [6.07, 6.45) is 1.57. The molecule has 0 aliphatic carbocycles. The number of nitrogens with zero attached hydrogens (tertiary/aromatic N) is 3. The van der Waals surface area contributed by atoms with Crippen LogP contribution in [-0.4, -0.2) is 37.9 Å². The fraction of sp³-hybridized carbons (Fsp3) is 0.259. The van der Waals surface area contributed by atoms with Crippen LogP contribution in [0.5, 0.6) is 11.5 Å². The Morgan fingerprint density at radius 1 is 1.08 bits per heavy atom. The lowest BCUT2D eigenvalue weighted by atomic mass is 10.1. The third-order valence-corrected chi connectivity index (χ3v) is 5.36. The number of hydrogen-bond acceptors (Lipinski definition) is 8. The molecule has 0 unspecified atom stereocenters. The van der Waals surface area contributed by atoms with Crippen LogP contribution in [0.15, 0.2) is 47.6 Å². The largest absolute Gasteiger partial charge is 0.493 e. The number of carbonyl (C=O) groups excluding carboxylic acids is 1. The topological polar surface area (TPSA) is 118 Å². The van der Waals surface area contributed by atoms with Crippen LogP contribution in [0, 0.1) is 32.1 Å². The average molecular weight is 488 g/mol. The van der Waals surface area contributed by atoms with Crippen LogP contribution in [-0.2, 0) is 16.1 Å². The third kappa shape index (κ3) is 6.81. The van der Waals surface area contributed by atoms with Gasteiger partial charge < -0.3 is 19.5 Å². The van der Waals surface area contributed by atoms with Gasteiger partial charge in [0.1, 0.15) is 11.6 Å². The molecule has 0 aliphatic rings. The van der Waals surface area contributed by atoms with E-state index in [1.807, 2.05) is 45.0 Å². The Morgan fingerprint density at radius 2 is 1.89 bits per heavy atom. The minimum atomic E-state index is -0.276. The highest BCUT2D eigenvalue weighted by molar-refractivity contribution is 5.92. The summed E-state index contributed by atoms with van der Waals surface area (Å²) < 4.78 is 16.3. The molecule has 1 aromatic heterocycles. The number of amides is 1. The number of nitriles is 1. The average Bonchev–Trinajstić information content (AvgIpc) is 2.85. The molecule has 0 saturated heterocycles. The van der Waals surface area contributed by atoms with Crippen molar-refractivity contribution in [3.63, 3.8) is 0 Å². The zero-order valence-corrected chi connectivity index (χ0v) is 21.0. The van der Waals surface area contributed by atoms with Crippen molar-refractivity contribution in [1.29, 1.82) is 5.26 Å². The molecule has 0 radical (unpaired) electrons. The zero-order chi connectivity index (χ0) is 26.1. The number of anilines is 2. The van der Waals surface area contributed by atoms with Crippen LogP contribution in [0.2, 0.25) is 0 Å². The molecule has 0 spiro atoms. The number of benzene rings is 2. The standard InChI is InChI=1S/C27H29N5O4/c1-17-6-8-22(10-18(17)2)31-26(33)16-36-24-9-7-20(12-25(24)35-5)14-29-32-27-23(13-28)21(15-34-4)11-19(3)30-27/h6-12,14H,15-16H2,1-5H3,(H,30,32)(H,31,33)/b29-14+. The van der Waals surface area contributed by atoms with Crippen molar-refractivity contribution in [3.8, 4) is 17.6 Å². The van der Waals surface area contributed by atoms with E-state index in [0.29, 0.717) is 29.5 Å². The molecule has 0 aliphatic heterocycles. The van der Waals surface area contributed by atoms with Gasteiger partial charge in [-0.1, -0.05) is 6.07 Å². The quantitative estimate of drug-likeness (QED) is 0.319. The first-order valence-corrected chi connectivity index (χ1v) is 11.2. The van der Waals surface area contributed by atoms with E-state index in [0.717, 1.165) is 33.6 Å². The fourth-order valence-corrected chi connectivity index (χ4v) is 3.43. The molecule has 2 aromatic carbocycles. The maximum Gasteiger partial charge on any atom is 0.262 e. The van der Waals surface area contributed by atoms with Crippen molar-refractivity contribution in [2.45, 2.75) is 27.4 Å². The van der Waals surface area contributed by atoms with Gasteiger partial charge in [0.25, 0.3) is 5.91 Å².